The Morgan fingerprint density at radius 3 is 1.50 bits per heavy atom. The summed E-state index contributed by atoms with van der Waals surface area (Å²) in [5, 5.41) is 0. The average molecular weight is 262 g/mol. The highest BCUT2D eigenvalue weighted by Crippen LogP contribution is 2.21. The Balaban J connectivity index is 2.16. The van der Waals surface area contributed by atoms with Crippen molar-refractivity contribution in [2.45, 2.75) is 13.8 Å². The fourth-order valence-corrected chi connectivity index (χ4v) is 2.77. The SMILES string of the molecule is Cc1nc2ccccc2n1-n1c(C)nc2ccccc21. The van der Waals surface area contributed by atoms with Crippen LogP contribution in [-0.2, 0) is 0 Å². The van der Waals surface area contributed by atoms with Crippen LogP contribution in [0.1, 0.15) is 11.6 Å². The quantitative estimate of drug-likeness (QED) is 0.527. The predicted molar refractivity (Wildman–Crippen MR) is 79.7 cm³/mol. The summed E-state index contributed by atoms with van der Waals surface area (Å²) in [5.41, 5.74) is 4.19. The summed E-state index contributed by atoms with van der Waals surface area (Å²) in [5.74, 6) is 1.91. The van der Waals surface area contributed by atoms with Gasteiger partial charge >= 0.3 is 0 Å². The molecule has 2 heterocycles. The molecule has 0 saturated heterocycles. The summed E-state index contributed by atoms with van der Waals surface area (Å²) < 4.78 is 4.25. The molecule has 4 aromatic rings. The number of para-hydroxylation sites is 4. The van der Waals surface area contributed by atoms with Crippen LogP contribution in [0.2, 0.25) is 0 Å². The van der Waals surface area contributed by atoms with Crippen LogP contribution >= 0.6 is 0 Å². The van der Waals surface area contributed by atoms with Gasteiger partial charge in [0.1, 0.15) is 11.6 Å². The van der Waals surface area contributed by atoms with Crippen LogP contribution in [0.3, 0.4) is 0 Å². The minimum atomic E-state index is 0.956. The second kappa shape index (κ2) is 3.93. The first-order chi connectivity index (χ1) is 9.75. The number of rotatable bonds is 1. The highest BCUT2D eigenvalue weighted by atomic mass is 15.5. The first-order valence-electron chi connectivity index (χ1n) is 6.64. The Hall–Kier alpha value is -2.62. The van der Waals surface area contributed by atoms with E-state index >= 15 is 0 Å². The third kappa shape index (κ3) is 1.42. The van der Waals surface area contributed by atoms with Crippen molar-refractivity contribution in [3.05, 3.63) is 60.2 Å². The molecule has 0 unspecified atom stereocenters. The lowest BCUT2D eigenvalue weighted by molar-refractivity contribution is 0.653. The van der Waals surface area contributed by atoms with Gasteiger partial charge in [-0.3, -0.25) is 0 Å². The minimum Gasteiger partial charge on any atom is -0.232 e. The molecule has 0 atom stereocenters. The van der Waals surface area contributed by atoms with E-state index in [1.807, 2.05) is 50.2 Å². The van der Waals surface area contributed by atoms with Crippen LogP contribution in [0.5, 0.6) is 0 Å². The third-order valence-corrected chi connectivity index (χ3v) is 3.60. The summed E-state index contributed by atoms with van der Waals surface area (Å²) in [6, 6.07) is 16.3. The monoisotopic (exact) mass is 262 g/mol. The second-order valence-corrected chi connectivity index (χ2v) is 4.92. The number of aryl methyl sites for hydroxylation is 2. The van der Waals surface area contributed by atoms with E-state index in [0.717, 1.165) is 33.7 Å². The minimum absolute atomic E-state index is 0.956. The lowest BCUT2D eigenvalue weighted by atomic mass is 10.3. The molecule has 0 radical (unpaired) electrons. The van der Waals surface area contributed by atoms with E-state index in [4.69, 9.17) is 0 Å². The van der Waals surface area contributed by atoms with E-state index in [1.165, 1.54) is 0 Å². The van der Waals surface area contributed by atoms with E-state index < -0.39 is 0 Å². The number of imidazole rings is 2. The van der Waals surface area contributed by atoms with E-state index in [-0.39, 0.29) is 0 Å². The zero-order valence-electron chi connectivity index (χ0n) is 11.4. The average Bonchev–Trinajstić information content (AvgIpc) is 2.94. The molecule has 0 saturated carbocycles. The Bertz CT molecular complexity index is 852. The van der Waals surface area contributed by atoms with Crippen LogP contribution in [-0.4, -0.2) is 19.3 Å². The Labute approximate surface area is 116 Å². The van der Waals surface area contributed by atoms with Crippen molar-refractivity contribution >= 4 is 22.1 Å². The van der Waals surface area contributed by atoms with Crippen molar-refractivity contribution in [2.24, 2.45) is 0 Å². The van der Waals surface area contributed by atoms with Gasteiger partial charge in [0, 0.05) is 0 Å². The second-order valence-electron chi connectivity index (χ2n) is 4.92. The highest BCUT2D eigenvalue weighted by molar-refractivity contribution is 5.79. The zero-order chi connectivity index (χ0) is 13.7. The number of hydrogen-bond acceptors (Lipinski definition) is 2. The van der Waals surface area contributed by atoms with E-state index in [0.29, 0.717) is 0 Å². The third-order valence-electron chi connectivity index (χ3n) is 3.60. The smallest absolute Gasteiger partial charge is 0.126 e. The number of hydrogen-bond donors (Lipinski definition) is 0. The first-order valence-corrected chi connectivity index (χ1v) is 6.64. The molecular formula is C16H14N4. The number of fused-ring (bicyclic) bond motifs is 2. The standard InChI is InChI=1S/C16H14N4/c1-11-17-13-7-3-5-9-15(13)19(11)20-12(2)18-14-8-4-6-10-16(14)20/h3-10H,1-2H3. The van der Waals surface area contributed by atoms with Gasteiger partial charge in [-0.25, -0.2) is 19.3 Å². The van der Waals surface area contributed by atoms with Gasteiger partial charge in [-0.1, -0.05) is 24.3 Å². The van der Waals surface area contributed by atoms with Gasteiger partial charge in [0.05, 0.1) is 22.1 Å². The maximum Gasteiger partial charge on any atom is 0.126 e. The lowest BCUT2D eigenvalue weighted by Crippen LogP contribution is -2.12. The Morgan fingerprint density at radius 1 is 0.650 bits per heavy atom. The molecule has 0 N–H and O–H groups in total. The number of benzene rings is 2. The molecule has 2 aromatic heterocycles. The molecule has 0 aliphatic rings. The zero-order valence-corrected chi connectivity index (χ0v) is 11.4. The largest absolute Gasteiger partial charge is 0.232 e. The number of aromatic nitrogens is 4. The first kappa shape index (κ1) is 11.2. The normalized spacial score (nSPS) is 11.5. The van der Waals surface area contributed by atoms with Crippen molar-refractivity contribution in [2.75, 3.05) is 0 Å². The molecule has 0 spiro atoms. The van der Waals surface area contributed by atoms with Crippen LogP contribution in [0.4, 0.5) is 0 Å². The predicted octanol–water partition coefficient (Wildman–Crippen LogP) is 3.31. The van der Waals surface area contributed by atoms with Crippen LogP contribution < -0.4 is 0 Å². The molecule has 0 aliphatic carbocycles. The lowest BCUT2D eigenvalue weighted by Gasteiger charge is -2.11. The molecule has 0 amide bonds. The van der Waals surface area contributed by atoms with Crippen molar-refractivity contribution < 1.29 is 0 Å². The molecule has 4 heteroatoms. The molecule has 0 fully saturated rings. The summed E-state index contributed by atoms with van der Waals surface area (Å²) in [6.45, 7) is 4.04. The van der Waals surface area contributed by atoms with Crippen molar-refractivity contribution in [1.82, 2.24) is 19.3 Å². The molecule has 2 aromatic carbocycles. The molecule has 20 heavy (non-hydrogen) atoms. The fourth-order valence-electron chi connectivity index (χ4n) is 2.77. The van der Waals surface area contributed by atoms with Gasteiger partial charge in [-0.2, -0.15) is 0 Å². The summed E-state index contributed by atoms with van der Waals surface area (Å²) in [7, 11) is 0. The molecule has 0 bridgehead atoms. The molecule has 4 rings (SSSR count). The van der Waals surface area contributed by atoms with Gasteiger partial charge in [0.2, 0.25) is 0 Å². The van der Waals surface area contributed by atoms with Gasteiger partial charge in [-0.15, -0.1) is 0 Å². The Morgan fingerprint density at radius 2 is 1.05 bits per heavy atom. The van der Waals surface area contributed by atoms with Crippen molar-refractivity contribution in [1.29, 1.82) is 0 Å². The van der Waals surface area contributed by atoms with Crippen LogP contribution in [0.15, 0.2) is 48.5 Å². The molecule has 98 valence electrons. The maximum absolute atomic E-state index is 4.63. The fraction of sp³-hybridized carbons (Fsp3) is 0.125. The van der Waals surface area contributed by atoms with E-state index in [2.05, 4.69) is 31.5 Å². The highest BCUT2D eigenvalue weighted by Gasteiger charge is 2.13. The Kier molecular flexibility index (Phi) is 2.21. The maximum atomic E-state index is 4.63. The van der Waals surface area contributed by atoms with Crippen molar-refractivity contribution in [3.63, 3.8) is 0 Å². The molecule has 4 nitrogen and oxygen atoms in total. The molecular weight excluding hydrogens is 248 g/mol. The molecule has 0 aliphatic heterocycles. The van der Waals surface area contributed by atoms with Gasteiger partial charge in [0.25, 0.3) is 0 Å². The summed E-state index contributed by atoms with van der Waals surface area (Å²) >= 11 is 0. The van der Waals surface area contributed by atoms with Gasteiger partial charge in [0.15, 0.2) is 0 Å². The van der Waals surface area contributed by atoms with Crippen LogP contribution in [0.25, 0.3) is 22.1 Å². The van der Waals surface area contributed by atoms with Crippen molar-refractivity contribution in [3.8, 4) is 0 Å². The number of nitrogens with zero attached hydrogens (tertiary/aromatic N) is 4. The van der Waals surface area contributed by atoms with E-state index in [9.17, 15) is 0 Å². The van der Waals surface area contributed by atoms with Gasteiger partial charge < -0.3 is 0 Å². The summed E-state index contributed by atoms with van der Waals surface area (Å²) in [6.07, 6.45) is 0. The van der Waals surface area contributed by atoms with Crippen LogP contribution in [0, 0.1) is 13.8 Å². The topological polar surface area (TPSA) is 35.6 Å². The van der Waals surface area contributed by atoms with E-state index in [1.54, 1.807) is 0 Å². The summed E-state index contributed by atoms with van der Waals surface area (Å²) in [4.78, 5) is 9.26. The van der Waals surface area contributed by atoms with Gasteiger partial charge in [-0.05, 0) is 38.1 Å².